The molecule has 0 aromatic carbocycles. The predicted octanol–water partition coefficient (Wildman–Crippen LogP) is 2.52. The minimum atomic E-state index is -0.587. The van der Waals surface area contributed by atoms with Crippen molar-refractivity contribution >= 4 is 5.97 Å². The second-order valence-electron chi connectivity index (χ2n) is 5.31. The Morgan fingerprint density at radius 2 is 1.89 bits per heavy atom. The van der Waals surface area contributed by atoms with Gasteiger partial charge in [0.15, 0.2) is 0 Å². The van der Waals surface area contributed by atoms with Gasteiger partial charge in [0.05, 0.1) is 12.0 Å². The van der Waals surface area contributed by atoms with Gasteiger partial charge in [0.2, 0.25) is 0 Å². The molecule has 2 rings (SSSR count). The molecule has 1 saturated heterocycles. The number of fused-ring (bicyclic) bond motifs is 1. The number of ether oxygens (including phenoxy) is 1. The lowest BCUT2D eigenvalue weighted by Crippen LogP contribution is -2.30. The Labute approximate surface area is 108 Å². The number of carbonyl (C=O) groups is 1. The van der Waals surface area contributed by atoms with Crippen LogP contribution in [0.1, 0.15) is 33.1 Å². The lowest BCUT2D eigenvalue weighted by atomic mass is 9.84. The summed E-state index contributed by atoms with van der Waals surface area (Å²) in [5, 5.41) is 10.3. The van der Waals surface area contributed by atoms with E-state index >= 15 is 0 Å². The third kappa shape index (κ3) is 2.56. The van der Waals surface area contributed by atoms with Gasteiger partial charge in [-0.05, 0) is 26.7 Å². The van der Waals surface area contributed by atoms with Gasteiger partial charge in [0.1, 0.15) is 6.10 Å². The zero-order valence-corrected chi connectivity index (χ0v) is 11.0. The zero-order chi connectivity index (χ0) is 13.3. The highest BCUT2D eigenvalue weighted by molar-refractivity contribution is 5.91. The molecule has 3 atom stereocenters. The number of rotatable bonds is 0. The minimum absolute atomic E-state index is 0.262. The Kier molecular flexibility index (Phi) is 3.71. The molecule has 0 radical (unpaired) electrons. The van der Waals surface area contributed by atoms with E-state index in [1.165, 1.54) is 5.57 Å². The van der Waals surface area contributed by atoms with Crippen LogP contribution < -0.4 is 0 Å². The van der Waals surface area contributed by atoms with E-state index in [-0.39, 0.29) is 18.0 Å². The number of allylic oxidation sites excluding steroid dienone is 2. The first-order chi connectivity index (χ1) is 8.49. The monoisotopic (exact) mass is 248 g/mol. The van der Waals surface area contributed by atoms with Gasteiger partial charge < -0.3 is 9.84 Å². The molecule has 1 fully saturated rings. The third-order valence-electron chi connectivity index (χ3n) is 3.72. The lowest BCUT2D eigenvalue weighted by molar-refractivity contribution is -0.139. The van der Waals surface area contributed by atoms with Crippen LogP contribution in [0.3, 0.4) is 0 Å². The molecule has 1 heterocycles. The van der Waals surface area contributed by atoms with Crippen LogP contribution in [0, 0.1) is 5.92 Å². The van der Waals surface area contributed by atoms with Gasteiger partial charge in [-0.25, -0.2) is 4.79 Å². The van der Waals surface area contributed by atoms with Crippen molar-refractivity contribution in [3.63, 3.8) is 0 Å². The van der Waals surface area contributed by atoms with Gasteiger partial charge in [-0.3, -0.25) is 0 Å². The highest BCUT2D eigenvalue weighted by Gasteiger charge is 2.42. The predicted molar refractivity (Wildman–Crippen MR) is 69.9 cm³/mol. The van der Waals surface area contributed by atoms with Gasteiger partial charge >= 0.3 is 5.97 Å². The van der Waals surface area contributed by atoms with Crippen LogP contribution in [0.5, 0.6) is 0 Å². The smallest absolute Gasteiger partial charge is 0.334 e. The maximum absolute atomic E-state index is 11.6. The van der Waals surface area contributed by atoms with E-state index in [0.717, 1.165) is 12.0 Å². The average Bonchev–Trinajstić information content (AvgIpc) is 2.53. The maximum Gasteiger partial charge on any atom is 0.334 e. The first-order valence-corrected chi connectivity index (χ1v) is 6.38. The fourth-order valence-corrected chi connectivity index (χ4v) is 2.70. The summed E-state index contributed by atoms with van der Waals surface area (Å²) in [5.74, 6) is -0.639. The molecule has 0 spiro atoms. The van der Waals surface area contributed by atoms with E-state index in [1.807, 2.05) is 13.8 Å². The maximum atomic E-state index is 11.6. The summed E-state index contributed by atoms with van der Waals surface area (Å²) in [4.78, 5) is 11.6. The van der Waals surface area contributed by atoms with Crippen molar-refractivity contribution in [2.24, 2.45) is 5.92 Å². The Bertz CT molecular complexity index is 431. The summed E-state index contributed by atoms with van der Waals surface area (Å²) >= 11 is 0. The first-order valence-electron chi connectivity index (χ1n) is 6.38. The van der Waals surface area contributed by atoms with Crippen molar-refractivity contribution in [2.75, 3.05) is 0 Å². The van der Waals surface area contributed by atoms with Crippen molar-refractivity contribution in [1.82, 2.24) is 0 Å². The van der Waals surface area contributed by atoms with Crippen LogP contribution in [0.4, 0.5) is 0 Å². The van der Waals surface area contributed by atoms with E-state index in [1.54, 1.807) is 0 Å². The van der Waals surface area contributed by atoms with Gasteiger partial charge in [0, 0.05) is 12.0 Å². The molecule has 0 bridgehead atoms. The molecule has 98 valence electrons. The molecule has 1 aliphatic carbocycles. The number of hydrogen-bond acceptors (Lipinski definition) is 3. The summed E-state index contributed by atoms with van der Waals surface area (Å²) in [6.45, 7) is 7.81. The van der Waals surface area contributed by atoms with Crippen molar-refractivity contribution < 1.29 is 14.6 Å². The fraction of sp³-hybridized carbons (Fsp3) is 0.533. The molecule has 3 heteroatoms. The van der Waals surface area contributed by atoms with Crippen LogP contribution in [0.2, 0.25) is 0 Å². The molecular weight excluding hydrogens is 228 g/mol. The summed E-state index contributed by atoms with van der Waals surface area (Å²) in [5.41, 5.74) is 2.73. The SMILES string of the molecule is C=C1C(=O)O[C@H]2C/C(C)=C\C/C=C(/C)C[C@@H](O)[C@H]12. The zero-order valence-electron chi connectivity index (χ0n) is 11.0. The van der Waals surface area contributed by atoms with Crippen LogP contribution in [0.15, 0.2) is 35.5 Å². The number of hydrogen-bond donors (Lipinski definition) is 1. The fourth-order valence-electron chi connectivity index (χ4n) is 2.70. The number of carbonyl (C=O) groups excluding carboxylic acids is 1. The Hall–Kier alpha value is -1.35. The van der Waals surface area contributed by atoms with E-state index < -0.39 is 6.10 Å². The van der Waals surface area contributed by atoms with Crippen LogP contribution in [-0.4, -0.2) is 23.3 Å². The molecule has 0 aromatic heterocycles. The second kappa shape index (κ2) is 5.11. The third-order valence-corrected chi connectivity index (χ3v) is 3.72. The summed E-state index contributed by atoms with van der Waals surface area (Å²) in [6, 6.07) is 0. The molecule has 1 aliphatic heterocycles. The molecule has 1 N–H and O–H groups in total. The summed E-state index contributed by atoms with van der Waals surface area (Å²) in [6.07, 6.45) is 5.54. The molecule has 18 heavy (non-hydrogen) atoms. The van der Waals surface area contributed by atoms with Crippen LogP contribution in [-0.2, 0) is 9.53 Å². The van der Waals surface area contributed by atoms with E-state index in [2.05, 4.69) is 18.7 Å². The van der Waals surface area contributed by atoms with Crippen LogP contribution in [0.25, 0.3) is 0 Å². The molecule has 0 amide bonds. The normalized spacial score (nSPS) is 39.2. The quantitative estimate of drug-likeness (QED) is 0.407. The molecule has 2 aliphatic rings. The molecular formula is C15H20O3. The largest absolute Gasteiger partial charge is 0.458 e. The van der Waals surface area contributed by atoms with Crippen molar-refractivity contribution in [1.29, 1.82) is 0 Å². The summed E-state index contributed by atoms with van der Waals surface area (Å²) in [7, 11) is 0. The van der Waals surface area contributed by atoms with E-state index in [0.29, 0.717) is 18.4 Å². The first kappa shape index (κ1) is 13.1. The molecule has 0 unspecified atom stereocenters. The Morgan fingerprint density at radius 3 is 2.56 bits per heavy atom. The number of aliphatic hydroxyl groups is 1. The summed E-state index contributed by atoms with van der Waals surface area (Å²) < 4.78 is 5.33. The Balaban J connectivity index is 2.30. The van der Waals surface area contributed by atoms with Crippen molar-refractivity contribution in [3.8, 4) is 0 Å². The molecule has 0 saturated carbocycles. The highest BCUT2D eigenvalue weighted by atomic mass is 16.6. The van der Waals surface area contributed by atoms with Gasteiger partial charge in [-0.15, -0.1) is 0 Å². The van der Waals surface area contributed by atoms with Crippen LogP contribution >= 0.6 is 0 Å². The molecule has 0 aromatic rings. The number of esters is 1. The Morgan fingerprint density at radius 1 is 1.28 bits per heavy atom. The average molecular weight is 248 g/mol. The molecule has 3 nitrogen and oxygen atoms in total. The van der Waals surface area contributed by atoms with E-state index in [9.17, 15) is 9.90 Å². The van der Waals surface area contributed by atoms with Gasteiger partial charge in [-0.1, -0.05) is 29.9 Å². The highest BCUT2D eigenvalue weighted by Crippen LogP contribution is 2.35. The van der Waals surface area contributed by atoms with Gasteiger partial charge in [-0.2, -0.15) is 0 Å². The standard InChI is InChI=1S/C15H20O3/c1-9-5-4-6-10(2)8-13-14(12(16)7-9)11(3)15(17)18-13/h5-6,12-14,16H,3-4,7-8H2,1-2H3/b9-5-,10-6-/t12-,13+,14+/m1/s1. The lowest BCUT2D eigenvalue weighted by Gasteiger charge is -2.24. The van der Waals surface area contributed by atoms with Crippen molar-refractivity contribution in [2.45, 2.75) is 45.3 Å². The second-order valence-corrected chi connectivity index (χ2v) is 5.31. The van der Waals surface area contributed by atoms with Crippen molar-refractivity contribution in [3.05, 3.63) is 35.5 Å². The minimum Gasteiger partial charge on any atom is -0.458 e. The number of aliphatic hydroxyl groups excluding tert-OH is 1. The van der Waals surface area contributed by atoms with Gasteiger partial charge in [0.25, 0.3) is 0 Å². The topological polar surface area (TPSA) is 46.5 Å². The van der Waals surface area contributed by atoms with E-state index in [4.69, 9.17) is 4.74 Å².